The first-order chi connectivity index (χ1) is 9.45. The second kappa shape index (κ2) is 6.39. The van der Waals surface area contributed by atoms with Gasteiger partial charge < -0.3 is 5.73 Å². The molecule has 0 radical (unpaired) electrons. The molecule has 0 aliphatic carbocycles. The predicted molar refractivity (Wildman–Crippen MR) is 84.3 cm³/mol. The lowest BCUT2D eigenvalue weighted by Gasteiger charge is -2.16. The van der Waals surface area contributed by atoms with Crippen LogP contribution in [0.2, 0.25) is 0 Å². The van der Waals surface area contributed by atoms with Crippen LogP contribution in [0.25, 0.3) is 0 Å². The number of benzene rings is 1. The quantitative estimate of drug-likeness (QED) is 0.863. The molecule has 0 aliphatic rings. The molecule has 1 heterocycles. The van der Waals surface area contributed by atoms with E-state index in [-0.39, 0.29) is 10.8 Å². The maximum absolute atomic E-state index is 13.8. The van der Waals surface area contributed by atoms with E-state index in [1.807, 2.05) is 24.3 Å². The zero-order chi connectivity index (χ0) is 14.7. The molecule has 2 N–H and O–H groups in total. The van der Waals surface area contributed by atoms with E-state index in [9.17, 15) is 4.39 Å². The van der Waals surface area contributed by atoms with Crippen molar-refractivity contribution < 1.29 is 4.39 Å². The molecule has 0 aliphatic heterocycles. The van der Waals surface area contributed by atoms with Crippen molar-refractivity contribution in [2.24, 2.45) is 5.73 Å². The molecule has 20 heavy (non-hydrogen) atoms. The first kappa shape index (κ1) is 15.0. The molecule has 1 aromatic carbocycles. The van der Waals surface area contributed by atoms with Crippen LogP contribution in [0.15, 0.2) is 23.6 Å². The minimum Gasteiger partial charge on any atom is -0.389 e. The van der Waals surface area contributed by atoms with Gasteiger partial charge in [-0.3, -0.25) is 4.90 Å². The molecule has 0 atom stereocenters. The second-order valence-electron chi connectivity index (χ2n) is 4.70. The molecule has 6 heteroatoms. The van der Waals surface area contributed by atoms with Gasteiger partial charge >= 0.3 is 0 Å². The Bertz CT molecular complexity index is 625. The highest BCUT2D eigenvalue weighted by atomic mass is 32.1. The van der Waals surface area contributed by atoms with Crippen molar-refractivity contribution in [1.82, 2.24) is 9.88 Å². The smallest absolute Gasteiger partial charge is 0.127 e. The van der Waals surface area contributed by atoms with Crippen LogP contribution in [0.5, 0.6) is 0 Å². The predicted octanol–water partition coefficient (Wildman–Crippen LogP) is 2.86. The molecule has 0 saturated heterocycles. The maximum Gasteiger partial charge on any atom is 0.127 e. The molecular weight excluding hydrogens is 293 g/mol. The maximum atomic E-state index is 13.8. The van der Waals surface area contributed by atoms with Gasteiger partial charge in [0.2, 0.25) is 0 Å². The van der Waals surface area contributed by atoms with Crippen molar-refractivity contribution in [3.05, 3.63) is 51.2 Å². The van der Waals surface area contributed by atoms with Gasteiger partial charge in [0.25, 0.3) is 0 Å². The Morgan fingerprint density at radius 1 is 1.45 bits per heavy atom. The first-order valence-corrected chi connectivity index (χ1v) is 7.42. The topological polar surface area (TPSA) is 42.2 Å². The molecule has 2 rings (SSSR count). The number of rotatable bonds is 5. The van der Waals surface area contributed by atoms with Gasteiger partial charge in [-0.25, -0.2) is 9.37 Å². The van der Waals surface area contributed by atoms with Crippen LogP contribution in [0.3, 0.4) is 0 Å². The van der Waals surface area contributed by atoms with Crippen LogP contribution >= 0.6 is 23.6 Å². The zero-order valence-electron chi connectivity index (χ0n) is 11.4. The van der Waals surface area contributed by atoms with Crippen molar-refractivity contribution >= 4 is 28.5 Å². The third-order valence-electron chi connectivity index (χ3n) is 2.87. The van der Waals surface area contributed by atoms with Gasteiger partial charge in [0, 0.05) is 29.6 Å². The monoisotopic (exact) mass is 309 g/mol. The number of thiocarbonyl (C=S) groups is 1. The summed E-state index contributed by atoms with van der Waals surface area (Å²) in [7, 11) is 1.93. The number of halogens is 1. The van der Waals surface area contributed by atoms with E-state index in [1.54, 1.807) is 23.5 Å². The normalized spacial score (nSPS) is 11.0. The van der Waals surface area contributed by atoms with Gasteiger partial charge in [-0.2, -0.15) is 0 Å². The summed E-state index contributed by atoms with van der Waals surface area (Å²) in [6.07, 6.45) is 0. The SMILES string of the molecule is Cc1nc(CN(C)Cc2cc(C(N)=S)ccc2F)cs1. The molecule has 0 saturated carbocycles. The van der Waals surface area contributed by atoms with Crippen LogP contribution in [-0.2, 0) is 13.1 Å². The Labute approximate surface area is 127 Å². The van der Waals surface area contributed by atoms with Crippen LogP contribution in [0, 0.1) is 12.7 Å². The lowest BCUT2D eigenvalue weighted by atomic mass is 10.1. The van der Waals surface area contributed by atoms with E-state index in [1.165, 1.54) is 6.07 Å². The number of nitrogens with zero attached hydrogens (tertiary/aromatic N) is 2. The Morgan fingerprint density at radius 2 is 2.20 bits per heavy atom. The lowest BCUT2D eigenvalue weighted by molar-refractivity contribution is 0.310. The van der Waals surface area contributed by atoms with E-state index in [4.69, 9.17) is 18.0 Å². The molecule has 2 aromatic rings. The van der Waals surface area contributed by atoms with Gasteiger partial charge in [0.1, 0.15) is 10.8 Å². The highest BCUT2D eigenvalue weighted by molar-refractivity contribution is 7.80. The molecule has 0 fully saturated rings. The average Bonchev–Trinajstić information content (AvgIpc) is 2.77. The fourth-order valence-corrected chi connectivity index (χ4v) is 2.68. The summed E-state index contributed by atoms with van der Waals surface area (Å²) >= 11 is 6.54. The van der Waals surface area contributed by atoms with Crippen molar-refractivity contribution in [3.8, 4) is 0 Å². The van der Waals surface area contributed by atoms with Gasteiger partial charge in [-0.05, 0) is 32.2 Å². The summed E-state index contributed by atoms with van der Waals surface area (Å²) in [6, 6.07) is 4.72. The van der Waals surface area contributed by atoms with Crippen LogP contribution < -0.4 is 5.73 Å². The summed E-state index contributed by atoms with van der Waals surface area (Å²) in [5.74, 6) is -0.244. The van der Waals surface area contributed by atoms with Crippen molar-refractivity contribution in [2.45, 2.75) is 20.0 Å². The molecule has 1 aromatic heterocycles. The van der Waals surface area contributed by atoms with Crippen molar-refractivity contribution in [1.29, 1.82) is 0 Å². The van der Waals surface area contributed by atoms with Gasteiger partial charge in [0.15, 0.2) is 0 Å². The molecule has 0 bridgehead atoms. The van der Waals surface area contributed by atoms with E-state index in [0.717, 1.165) is 10.7 Å². The Balaban J connectivity index is 2.08. The number of aryl methyl sites for hydroxylation is 1. The largest absolute Gasteiger partial charge is 0.389 e. The molecule has 0 amide bonds. The third-order valence-corrected chi connectivity index (χ3v) is 3.93. The standard InChI is InChI=1S/C14H16FN3S2/c1-9-17-12(8-20-9)7-18(2)6-11-5-10(14(16)19)3-4-13(11)15/h3-5,8H,6-7H2,1-2H3,(H2,16,19). The molecule has 106 valence electrons. The van der Waals surface area contributed by atoms with Crippen LogP contribution in [-0.4, -0.2) is 21.9 Å². The number of hydrogen-bond acceptors (Lipinski definition) is 4. The van der Waals surface area contributed by atoms with Crippen LogP contribution in [0.4, 0.5) is 4.39 Å². The van der Waals surface area contributed by atoms with E-state index < -0.39 is 0 Å². The van der Waals surface area contributed by atoms with Gasteiger partial charge in [-0.1, -0.05) is 12.2 Å². The van der Waals surface area contributed by atoms with Gasteiger partial charge in [0.05, 0.1) is 10.7 Å². The molecular formula is C14H16FN3S2. The van der Waals surface area contributed by atoms with Crippen molar-refractivity contribution in [2.75, 3.05) is 7.05 Å². The first-order valence-electron chi connectivity index (χ1n) is 6.13. The summed E-state index contributed by atoms with van der Waals surface area (Å²) in [4.78, 5) is 6.69. The average molecular weight is 309 g/mol. The highest BCUT2D eigenvalue weighted by Gasteiger charge is 2.09. The minimum absolute atomic E-state index is 0.244. The van der Waals surface area contributed by atoms with Gasteiger partial charge in [-0.15, -0.1) is 11.3 Å². The number of thiazole rings is 1. The Kier molecular flexibility index (Phi) is 4.80. The van der Waals surface area contributed by atoms with E-state index >= 15 is 0 Å². The zero-order valence-corrected chi connectivity index (χ0v) is 13.0. The molecule has 3 nitrogen and oxygen atoms in total. The summed E-state index contributed by atoms with van der Waals surface area (Å²) in [5, 5.41) is 3.06. The van der Waals surface area contributed by atoms with Crippen LogP contribution in [0.1, 0.15) is 21.8 Å². The summed E-state index contributed by atoms with van der Waals surface area (Å²) < 4.78 is 13.8. The third kappa shape index (κ3) is 3.82. The number of nitrogens with two attached hydrogens (primary N) is 1. The number of aromatic nitrogens is 1. The summed E-state index contributed by atoms with van der Waals surface area (Å²) in [6.45, 7) is 3.14. The second-order valence-corrected chi connectivity index (χ2v) is 6.20. The lowest BCUT2D eigenvalue weighted by Crippen LogP contribution is -2.19. The summed E-state index contributed by atoms with van der Waals surface area (Å²) in [5.41, 5.74) is 7.85. The number of hydrogen-bond donors (Lipinski definition) is 1. The fraction of sp³-hybridized carbons (Fsp3) is 0.286. The Morgan fingerprint density at radius 3 is 2.80 bits per heavy atom. The van der Waals surface area contributed by atoms with E-state index in [2.05, 4.69) is 4.98 Å². The fourth-order valence-electron chi connectivity index (χ4n) is 1.95. The van der Waals surface area contributed by atoms with Crippen molar-refractivity contribution in [3.63, 3.8) is 0 Å². The Hall–Kier alpha value is -1.37. The molecule has 0 unspecified atom stereocenters. The highest BCUT2D eigenvalue weighted by Crippen LogP contribution is 2.15. The minimum atomic E-state index is -0.244. The van der Waals surface area contributed by atoms with E-state index in [0.29, 0.717) is 24.2 Å². The molecule has 0 spiro atoms.